The lowest BCUT2D eigenvalue weighted by Crippen LogP contribution is -1.98. The number of benzene rings is 1. The molecule has 1 aromatic rings. The highest BCUT2D eigenvalue weighted by atomic mass is 35.5. The van der Waals surface area contributed by atoms with Crippen molar-refractivity contribution in [2.75, 3.05) is 6.61 Å². The van der Waals surface area contributed by atoms with Gasteiger partial charge in [-0.2, -0.15) is 0 Å². The number of ether oxygens (including phenoxy) is 1. The standard InChI is InChI=1S/C13H15ClO3/c1-2-3-8-17-12-6-5-11(14)9-10(12)4-7-13(15)16/h4-7,9H,2-3,8H2,1H3,(H,15,16)/b7-4+. The maximum Gasteiger partial charge on any atom is 0.328 e. The van der Waals surface area contributed by atoms with Crippen LogP contribution >= 0.6 is 11.6 Å². The van der Waals surface area contributed by atoms with Gasteiger partial charge in [-0.3, -0.25) is 0 Å². The van der Waals surface area contributed by atoms with Crippen LogP contribution in [0.3, 0.4) is 0 Å². The van der Waals surface area contributed by atoms with Gasteiger partial charge in [0.2, 0.25) is 0 Å². The van der Waals surface area contributed by atoms with Crippen LogP contribution in [-0.2, 0) is 4.79 Å². The molecular formula is C13H15ClO3. The van der Waals surface area contributed by atoms with Gasteiger partial charge >= 0.3 is 5.97 Å². The maximum atomic E-state index is 10.5. The first-order chi connectivity index (χ1) is 8.13. The SMILES string of the molecule is CCCCOc1ccc(Cl)cc1/C=C/C(=O)O. The summed E-state index contributed by atoms with van der Waals surface area (Å²) in [5.74, 6) is -0.343. The number of hydrogen-bond acceptors (Lipinski definition) is 2. The summed E-state index contributed by atoms with van der Waals surface area (Å²) in [6.07, 6.45) is 4.56. The minimum atomic E-state index is -0.996. The van der Waals surface area contributed by atoms with Gasteiger partial charge in [0.25, 0.3) is 0 Å². The van der Waals surface area contributed by atoms with Gasteiger partial charge in [0.15, 0.2) is 0 Å². The molecule has 3 nitrogen and oxygen atoms in total. The fraction of sp³-hybridized carbons (Fsp3) is 0.308. The van der Waals surface area contributed by atoms with Gasteiger partial charge in [-0.15, -0.1) is 0 Å². The molecule has 0 spiro atoms. The highest BCUT2D eigenvalue weighted by Gasteiger charge is 2.02. The Labute approximate surface area is 106 Å². The summed E-state index contributed by atoms with van der Waals surface area (Å²) < 4.78 is 5.56. The molecule has 0 atom stereocenters. The van der Waals surface area contributed by atoms with Crippen LogP contribution in [-0.4, -0.2) is 17.7 Å². The summed E-state index contributed by atoms with van der Waals surface area (Å²) in [5.41, 5.74) is 0.677. The molecule has 1 rings (SSSR count). The summed E-state index contributed by atoms with van der Waals surface area (Å²) in [6, 6.07) is 5.16. The van der Waals surface area contributed by atoms with Gasteiger partial charge in [0.1, 0.15) is 5.75 Å². The molecule has 0 aliphatic rings. The van der Waals surface area contributed by atoms with Crippen LogP contribution in [0.2, 0.25) is 5.02 Å². The third kappa shape index (κ3) is 4.91. The third-order valence-corrected chi connectivity index (χ3v) is 2.37. The minimum Gasteiger partial charge on any atom is -0.493 e. The zero-order valence-electron chi connectivity index (χ0n) is 9.65. The molecule has 0 bridgehead atoms. The maximum absolute atomic E-state index is 10.5. The molecule has 0 amide bonds. The van der Waals surface area contributed by atoms with E-state index in [0.717, 1.165) is 18.9 Å². The molecule has 0 aromatic heterocycles. The Bertz CT molecular complexity index is 413. The van der Waals surface area contributed by atoms with E-state index in [4.69, 9.17) is 21.4 Å². The number of unbranched alkanes of at least 4 members (excludes halogenated alkanes) is 1. The highest BCUT2D eigenvalue weighted by Crippen LogP contribution is 2.24. The Morgan fingerprint density at radius 1 is 1.53 bits per heavy atom. The van der Waals surface area contributed by atoms with Gasteiger partial charge in [-0.05, 0) is 30.7 Å². The zero-order valence-corrected chi connectivity index (χ0v) is 10.4. The molecule has 92 valence electrons. The van der Waals surface area contributed by atoms with Gasteiger partial charge < -0.3 is 9.84 Å². The van der Waals surface area contributed by atoms with Crippen LogP contribution in [0.1, 0.15) is 25.3 Å². The Morgan fingerprint density at radius 2 is 2.29 bits per heavy atom. The third-order valence-electron chi connectivity index (χ3n) is 2.13. The van der Waals surface area contributed by atoms with Crippen molar-refractivity contribution in [1.29, 1.82) is 0 Å². The van der Waals surface area contributed by atoms with E-state index in [2.05, 4.69) is 6.92 Å². The molecule has 1 N–H and O–H groups in total. The van der Waals surface area contributed by atoms with Crippen molar-refractivity contribution in [2.24, 2.45) is 0 Å². The molecule has 4 heteroatoms. The first kappa shape index (κ1) is 13.6. The van der Waals surface area contributed by atoms with Crippen LogP contribution in [0.15, 0.2) is 24.3 Å². The van der Waals surface area contributed by atoms with E-state index in [1.165, 1.54) is 6.08 Å². The smallest absolute Gasteiger partial charge is 0.328 e. The highest BCUT2D eigenvalue weighted by molar-refractivity contribution is 6.30. The van der Waals surface area contributed by atoms with E-state index in [-0.39, 0.29) is 0 Å². The van der Waals surface area contributed by atoms with Crippen LogP contribution < -0.4 is 4.74 Å². The Morgan fingerprint density at radius 3 is 2.94 bits per heavy atom. The predicted octanol–water partition coefficient (Wildman–Crippen LogP) is 3.62. The molecule has 1 aromatic carbocycles. The second-order valence-electron chi connectivity index (χ2n) is 3.56. The van der Waals surface area contributed by atoms with E-state index in [9.17, 15) is 4.79 Å². The molecule has 0 unspecified atom stereocenters. The number of hydrogen-bond donors (Lipinski definition) is 1. The fourth-order valence-corrected chi connectivity index (χ4v) is 1.45. The Hall–Kier alpha value is -1.48. The van der Waals surface area contributed by atoms with Gasteiger partial charge in [-0.1, -0.05) is 24.9 Å². The van der Waals surface area contributed by atoms with E-state index in [1.54, 1.807) is 18.2 Å². The van der Waals surface area contributed by atoms with E-state index in [0.29, 0.717) is 22.9 Å². The van der Waals surface area contributed by atoms with Crippen molar-refractivity contribution >= 4 is 23.6 Å². The van der Waals surface area contributed by atoms with E-state index >= 15 is 0 Å². The van der Waals surface area contributed by atoms with Crippen LogP contribution in [0.25, 0.3) is 6.08 Å². The number of aliphatic carboxylic acids is 1. The monoisotopic (exact) mass is 254 g/mol. The summed E-state index contributed by atoms with van der Waals surface area (Å²) in [4.78, 5) is 10.5. The number of rotatable bonds is 6. The second kappa shape index (κ2) is 6.97. The minimum absolute atomic E-state index is 0.554. The molecule has 0 fully saturated rings. The molecule has 0 saturated heterocycles. The quantitative estimate of drug-likeness (QED) is 0.623. The summed E-state index contributed by atoms with van der Waals surface area (Å²) in [5, 5.41) is 9.14. The molecule has 0 radical (unpaired) electrons. The lowest BCUT2D eigenvalue weighted by atomic mass is 10.2. The van der Waals surface area contributed by atoms with Crippen molar-refractivity contribution in [2.45, 2.75) is 19.8 Å². The summed E-state index contributed by atoms with van der Waals surface area (Å²) >= 11 is 5.86. The van der Waals surface area contributed by atoms with Crippen LogP contribution in [0.5, 0.6) is 5.75 Å². The average molecular weight is 255 g/mol. The van der Waals surface area contributed by atoms with Crippen molar-refractivity contribution in [3.63, 3.8) is 0 Å². The second-order valence-corrected chi connectivity index (χ2v) is 3.99. The van der Waals surface area contributed by atoms with Gasteiger partial charge in [0.05, 0.1) is 6.61 Å². The van der Waals surface area contributed by atoms with Crippen molar-refractivity contribution in [1.82, 2.24) is 0 Å². The number of carboxylic acid groups (broad SMARTS) is 1. The molecule has 0 heterocycles. The molecule has 0 saturated carbocycles. The van der Waals surface area contributed by atoms with E-state index < -0.39 is 5.97 Å². The largest absolute Gasteiger partial charge is 0.493 e. The Balaban J connectivity index is 2.83. The Kier molecular flexibility index (Phi) is 5.57. The van der Waals surface area contributed by atoms with Gasteiger partial charge in [-0.25, -0.2) is 4.79 Å². The molecular weight excluding hydrogens is 240 g/mol. The topological polar surface area (TPSA) is 46.5 Å². The zero-order chi connectivity index (χ0) is 12.7. The molecule has 0 aliphatic carbocycles. The average Bonchev–Trinajstić information content (AvgIpc) is 2.29. The number of carboxylic acids is 1. The molecule has 0 aliphatic heterocycles. The van der Waals surface area contributed by atoms with Crippen molar-refractivity contribution < 1.29 is 14.6 Å². The number of carbonyl (C=O) groups is 1. The lowest BCUT2D eigenvalue weighted by Gasteiger charge is -2.08. The van der Waals surface area contributed by atoms with Crippen LogP contribution in [0, 0.1) is 0 Å². The van der Waals surface area contributed by atoms with Gasteiger partial charge in [0, 0.05) is 16.7 Å². The normalized spacial score (nSPS) is 10.7. The predicted molar refractivity (Wildman–Crippen MR) is 68.5 cm³/mol. The summed E-state index contributed by atoms with van der Waals surface area (Å²) in [6.45, 7) is 2.70. The molecule has 17 heavy (non-hydrogen) atoms. The van der Waals surface area contributed by atoms with Crippen LogP contribution in [0.4, 0.5) is 0 Å². The van der Waals surface area contributed by atoms with Crippen molar-refractivity contribution in [3.05, 3.63) is 34.9 Å². The number of halogens is 1. The first-order valence-corrected chi connectivity index (χ1v) is 5.84. The first-order valence-electron chi connectivity index (χ1n) is 5.47. The summed E-state index contributed by atoms with van der Waals surface area (Å²) in [7, 11) is 0. The van der Waals surface area contributed by atoms with Crippen molar-refractivity contribution in [3.8, 4) is 5.75 Å². The lowest BCUT2D eigenvalue weighted by molar-refractivity contribution is -0.131. The van der Waals surface area contributed by atoms with E-state index in [1.807, 2.05) is 0 Å². The fourth-order valence-electron chi connectivity index (χ4n) is 1.27.